The molecule has 0 aliphatic heterocycles. The van der Waals surface area contributed by atoms with Crippen LogP contribution in [-0.4, -0.2) is 21.1 Å². The van der Waals surface area contributed by atoms with Crippen LogP contribution in [0.2, 0.25) is 0 Å². The standard InChI is InChI=1S/C21H21N3O/c1-14-6-5-11-23-13-20(22-21(14)23)19-12-15(2)24(16(19)3)17-7-9-18(25-4)10-8-17/h5-13H,1-4H3. The molecule has 0 fully saturated rings. The summed E-state index contributed by atoms with van der Waals surface area (Å²) in [5.74, 6) is 0.863. The van der Waals surface area contributed by atoms with E-state index >= 15 is 0 Å². The molecule has 0 atom stereocenters. The molecule has 0 saturated carbocycles. The smallest absolute Gasteiger partial charge is 0.140 e. The number of methoxy groups -OCH3 is 1. The molecule has 1 aromatic carbocycles. The third-order valence-corrected chi connectivity index (χ3v) is 4.72. The Balaban J connectivity index is 1.84. The van der Waals surface area contributed by atoms with E-state index in [1.54, 1.807) is 7.11 Å². The lowest BCUT2D eigenvalue weighted by atomic mass is 10.2. The highest BCUT2D eigenvalue weighted by Crippen LogP contribution is 2.30. The van der Waals surface area contributed by atoms with Crippen molar-refractivity contribution in [2.75, 3.05) is 7.11 Å². The van der Waals surface area contributed by atoms with Gasteiger partial charge in [-0.1, -0.05) is 6.07 Å². The largest absolute Gasteiger partial charge is 0.497 e. The van der Waals surface area contributed by atoms with Crippen LogP contribution in [0.15, 0.2) is 54.9 Å². The molecular weight excluding hydrogens is 310 g/mol. The molecule has 0 N–H and O–H groups in total. The number of hydrogen-bond acceptors (Lipinski definition) is 2. The Bertz CT molecular complexity index is 1050. The van der Waals surface area contributed by atoms with Gasteiger partial charge in [-0.2, -0.15) is 0 Å². The van der Waals surface area contributed by atoms with Crippen LogP contribution < -0.4 is 4.74 Å². The fraction of sp³-hybridized carbons (Fsp3) is 0.190. The minimum atomic E-state index is 0.863. The van der Waals surface area contributed by atoms with Crippen LogP contribution in [0.3, 0.4) is 0 Å². The lowest BCUT2D eigenvalue weighted by Crippen LogP contribution is -1.99. The predicted octanol–water partition coefficient (Wildman–Crippen LogP) is 4.73. The van der Waals surface area contributed by atoms with Crippen LogP contribution in [0, 0.1) is 20.8 Å². The van der Waals surface area contributed by atoms with Crippen LogP contribution in [0.1, 0.15) is 17.0 Å². The number of fused-ring (bicyclic) bond motifs is 1. The van der Waals surface area contributed by atoms with Crippen molar-refractivity contribution in [2.24, 2.45) is 0 Å². The van der Waals surface area contributed by atoms with Crippen molar-refractivity contribution in [2.45, 2.75) is 20.8 Å². The molecule has 3 aromatic heterocycles. The van der Waals surface area contributed by atoms with E-state index in [0.29, 0.717) is 0 Å². The number of rotatable bonds is 3. The first-order valence-corrected chi connectivity index (χ1v) is 8.36. The SMILES string of the molecule is COc1ccc(-n2c(C)cc(-c3cn4cccc(C)c4n3)c2C)cc1. The zero-order valence-corrected chi connectivity index (χ0v) is 14.9. The van der Waals surface area contributed by atoms with Crippen molar-refractivity contribution < 1.29 is 4.74 Å². The number of aromatic nitrogens is 3. The molecule has 0 spiro atoms. The molecule has 126 valence electrons. The molecule has 25 heavy (non-hydrogen) atoms. The van der Waals surface area contributed by atoms with Crippen molar-refractivity contribution in [1.29, 1.82) is 0 Å². The lowest BCUT2D eigenvalue weighted by molar-refractivity contribution is 0.414. The second-order valence-corrected chi connectivity index (χ2v) is 6.37. The molecule has 4 rings (SSSR count). The Morgan fingerprint density at radius 2 is 1.76 bits per heavy atom. The maximum atomic E-state index is 5.26. The van der Waals surface area contributed by atoms with Gasteiger partial charge >= 0.3 is 0 Å². The van der Waals surface area contributed by atoms with Gasteiger partial charge in [0.1, 0.15) is 11.4 Å². The molecule has 0 aliphatic rings. The van der Waals surface area contributed by atoms with Gasteiger partial charge in [0.05, 0.1) is 12.8 Å². The van der Waals surface area contributed by atoms with E-state index in [1.165, 1.54) is 17.0 Å². The van der Waals surface area contributed by atoms with Crippen LogP contribution in [0.5, 0.6) is 5.75 Å². The van der Waals surface area contributed by atoms with Crippen molar-refractivity contribution in [3.05, 3.63) is 71.8 Å². The molecule has 0 saturated heterocycles. The van der Waals surface area contributed by atoms with Gasteiger partial charge in [0.25, 0.3) is 0 Å². The second kappa shape index (κ2) is 5.81. The van der Waals surface area contributed by atoms with Gasteiger partial charge in [0, 0.05) is 35.0 Å². The first-order valence-electron chi connectivity index (χ1n) is 8.36. The molecule has 0 unspecified atom stereocenters. The molecule has 4 nitrogen and oxygen atoms in total. The molecule has 4 heteroatoms. The van der Waals surface area contributed by atoms with Gasteiger partial charge in [-0.25, -0.2) is 4.98 Å². The summed E-state index contributed by atoms with van der Waals surface area (Å²) in [7, 11) is 1.69. The maximum Gasteiger partial charge on any atom is 0.140 e. The second-order valence-electron chi connectivity index (χ2n) is 6.37. The number of imidazole rings is 1. The fourth-order valence-electron chi connectivity index (χ4n) is 3.43. The first-order chi connectivity index (χ1) is 12.1. The number of nitrogens with zero attached hydrogens (tertiary/aromatic N) is 3. The molecule has 0 amide bonds. The third kappa shape index (κ3) is 2.50. The van der Waals surface area contributed by atoms with E-state index in [9.17, 15) is 0 Å². The van der Waals surface area contributed by atoms with Gasteiger partial charge in [0.15, 0.2) is 0 Å². The summed E-state index contributed by atoms with van der Waals surface area (Å²) in [4.78, 5) is 4.85. The molecule has 3 heterocycles. The molecule has 4 aromatic rings. The van der Waals surface area contributed by atoms with Gasteiger partial charge < -0.3 is 13.7 Å². The number of pyridine rings is 1. The minimum Gasteiger partial charge on any atom is -0.497 e. The summed E-state index contributed by atoms with van der Waals surface area (Å²) in [5.41, 5.74) is 7.85. The quantitative estimate of drug-likeness (QED) is 0.544. The maximum absolute atomic E-state index is 5.26. The summed E-state index contributed by atoms with van der Waals surface area (Å²) in [6.07, 6.45) is 4.14. The number of hydrogen-bond donors (Lipinski definition) is 0. The molecular formula is C21H21N3O. The van der Waals surface area contributed by atoms with Gasteiger partial charge in [-0.15, -0.1) is 0 Å². The summed E-state index contributed by atoms with van der Waals surface area (Å²) >= 11 is 0. The number of benzene rings is 1. The fourth-order valence-corrected chi connectivity index (χ4v) is 3.43. The zero-order valence-electron chi connectivity index (χ0n) is 14.9. The van der Waals surface area contributed by atoms with Crippen molar-refractivity contribution in [1.82, 2.24) is 14.0 Å². The normalized spacial score (nSPS) is 11.2. The van der Waals surface area contributed by atoms with E-state index in [-0.39, 0.29) is 0 Å². The minimum absolute atomic E-state index is 0.863. The Morgan fingerprint density at radius 1 is 1.00 bits per heavy atom. The Labute approximate surface area is 147 Å². The van der Waals surface area contributed by atoms with Crippen molar-refractivity contribution in [3.63, 3.8) is 0 Å². The van der Waals surface area contributed by atoms with E-state index in [2.05, 4.69) is 66.3 Å². The van der Waals surface area contributed by atoms with E-state index in [4.69, 9.17) is 9.72 Å². The Morgan fingerprint density at radius 3 is 2.44 bits per heavy atom. The van der Waals surface area contributed by atoms with Crippen molar-refractivity contribution >= 4 is 5.65 Å². The van der Waals surface area contributed by atoms with Crippen LogP contribution in [0.4, 0.5) is 0 Å². The summed E-state index contributed by atoms with van der Waals surface area (Å²) in [6.45, 7) is 6.36. The highest BCUT2D eigenvalue weighted by Gasteiger charge is 2.15. The number of aryl methyl sites for hydroxylation is 2. The predicted molar refractivity (Wildman–Crippen MR) is 101 cm³/mol. The summed E-state index contributed by atoms with van der Waals surface area (Å²) in [5, 5.41) is 0. The van der Waals surface area contributed by atoms with E-state index in [0.717, 1.165) is 28.3 Å². The topological polar surface area (TPSA) is 31.5 Å². The highest BCUT2D eigenvalue weighted by molar-refractivity contribution is 5.68. The zero-order chi connectivity index (χ0) is 17.6. The molecule has 0 radical (unpaired) electrons. The first kappa shape index (κ1) is 15.5. The van der Waals surface area contributed by atoms with E-state index < -0.39 is 0 Å². The average molecular weight is 331 g/mol. The van der Waals surface area contributed by atoms with Gasteiger partial charge in [-0.05, 0) is 62.7 Å². The van der Waals surface area contributed by atoms with Gasteiger partial charge in [0.2, 0.25) is 0 Å². The average Bonchev–Trinajstić information content (AvgIpc) is 3.17. The third-order valence-electron chi connectivity index (χ3n) is 4.72. The summed E-state index contributed by atoms with van der Waals surface area (Å²) < 4.78 is 9.61. The van der Waals surface area contributed by atoms with Crippen LogP contribution >= 0.6 is 0 Å². The van der Waals surface area contributed by atoms with Crippen LogP contribution in [0.25, 0.3) is 22.6 Å². The highest BCUT2D eigenvalue weighted by atomic mass is 16.5. The van der Waals surface area contributed by atoms with Gasteiger partial charge in [-0.3, -0.25) is 0 Å². The Kier molecular flexibility index (Phi) is 3.61. The molecule has 0 aliphatic carbocycles. The molecule has 0 bridgehead atoms. The Hall–Kier alpha value is -3.01. The van der Waals surface area contributed by atoms with Crippen molar-refractivity contribution in [3.8, 4) is 22.7 Å². The van der Waals surface area contributed by atoms with E-state index in [1.807, 2.05) is 18.3 Å². The lowest BCUT2D eigenvalue weighted by Gasteiger charge is -2.10. The number of ether oxygens (including phenoxy) is 1. The monoisotopic (exact) mass is 331 g/mol. The summed E-state index contributed by atoms with van der Waals surface area (Å²) in [6, 6.07) is 14.5. The van der Waals surface area contributed by atoms with Crippen LogP contribution in [-0.2, 0) is 0 Å².